The van der Waals surface area contributed by atoms with Gasteiger partial charge in [-0.1, -0.05) is 13.0 Å². The van der Waals surface area contributed by atoms with Crippen LogP contribution in [0.25, 0.3) is 0 Å². The smallest absolute Gasteiger partial charge is 0.254 e. The van der Waals surface area contributed by atoms with Crippen LogP contribution in [-0.4, -0.2) is 34.1 Å². The third kappa shape index (κ3) is 4.33. The second-order valence-corrected chi connectivity index (χ2v) is 6.52. The van der Waals surface area contributed by atoms with E-state index in [4.69, 9.17) is 0 Å². The van der Waals surface area contributed by atoms with E-state index in [1.807, 2.05) is 13.0 Å². The number of rotatable bonds is 6. The maximum absolute atomic E-state index is 12.0. The lowest BCUT2D eigenvalue weighted by molar-refractivity contribution is 0.364. The lowest BCUT2D eigenvalue weighted by Crippen LogP contribution is -2.36. The maximum Gasteiger partial charge on any atom is 0.254 e. The molecule has 0 amide bonds. The Balaban J connectivity index is 2.98. The van der Waals surface area contributed by atoms with Crippen LogP contribution in [0.1, 0.15) is 12.5 Å². The molecule has 18 heavy (non-hydrogen) atoms. The van der Waals surface area contributed by atoms with Gasteiger partial charge in [-0.25, -0.2) is 13.4 Å². The van der Waals surface area contributed by atoms with Crippen molar-refractivity contribution in [3.63, 3.8) is 0 Å². The van der Waals surface area contributed by atoms with E-state index >= 15 is 0 Å². The molecule has 0 aromatic heterocycles. The quantitative estimate of drug-likeness (QED) is 0.769. The highest BCUT2D eigenvalue weighted by atomic mass is 79.9. The van der Waals surface area contributed by atoms with Crippen LogP contribution in [0, 0.1) is 0 Å². The summed E-state index contributed by atoms with van der Waals surface area (Å²) >= 11 is 3.30. The van der Waals surface area contributed by atoms with Gasteiger partial charge < -0.3 is 5.32 Å². The molecule has 1 aromatic rings. The lowest BCUT2D eigenvalue weighted by atomic mass is 10.2. The van der Waals surface area contributed by atoms with Gasteiger partial charge in [0.15, 0.2) is 0 Å². The molecule has 0 bridgehead atoms. The van der Waals surface area contributed by atoms with E-state index in [0.29, 0.717) is 4.47 Å². The second-order valence-electron chi connectivity index (χ2n) is 4.03. The Labute approximate surface area is 117 Å². The molecular formula is C11H18BrN3O2S. The highest BCUT2D eigenvalue weighted by Crippen LogP contribution is 2.23. The fourth-order valence-corrected chi connectivity index (χ4v) is 3.64. The van der Waals surface area contributed by atoms with Gasteiger partial charge in [0, 0.05) is 25.1 Å². The number of hydrogen-bond donors (Lipinski definition) is 2. The number of nitrogens with zero attached hydrogens (tertiary/aromatic N) is 1. The van der Waals surface area contributed by atoms with Crippen molar-refractivity contribution in [2.45, 2.75) is 18.4 Å². The summed E-state index contributed by atoms with van der Waals surface area (Å²) in [6, 6.07) is 5.22. The summed E-state index contributed by atoms with van der Waals surface area (Å²) in [5.41, 5.74) is 1.03. The Kier molecular flexibility index (Phi) is 5.74. The number of hydrazine groups is 1. The van der Waals surface area contributed by atoms with Gasteiger partial charge in [-0.2, -0.15) is 0 Å². The molecule has 0 heterocycles. The van der Waals surface area contributed by atoms with Crippen LogP contribution in [-0.2, 0) is 16.6 Å². The summed E-state index contributed by atoms with van der Waals surface area (Å²) < 4.78 is 24.5. The molecule has 0 aliphatic carbocycles. The number of nitrogens with one attached hydrogen (secondary N) is 2. The minimum atomic E-state index is -3.52. The van der Waals surface area contributed by atoms with Crippen LogP contribution < -0.4 is 10.1 Å². The summed E-state index contributed by atoms with van der Waals surface area (Å²) in [6.07, 6.45) is 0. The molecule has 0 spiro atoms. The molecule has 1 aromatic carbocycles. The molecule has 1 rings (SSSR count). The SMILES string of the molecule is CCNCc1ccc(S(=O)(=O)NN(C)C)c(Br)c1. The predicted molar refractivity (Wildman–Crippen MR) is 75.5 cm³/mol. The third-order valence-electron chi connectivity index (χ3n) is 2.17. The van der Waals surface area contributed by atoms with Crippen LogP contribution in [0.3, 0.4) is 0 Å². The van der Waals surface area contributed by atoms with Gasteiger partial charge in [-0.15, -0.1) is 4.83 Å². The first kappa shape index (κ1) is 15.6. The molecule has 102 valence electrons. The van der Waals surface area contributed by atoms with Crippen molar-refractivity contribution in [1.29, 1.82) is 0 Å². The van der Waals surface area contributed by atoms with Gasteiger partial charge in [-0.3, -0.25) is 0 Å². The molecular weight excluding hydrogens is 318 g/mol. The molecule has 5 nitrogen and oxygen atoms in total. The largest absolute Gasteiger partial charge is 0.313 e. The Morgan fingerprint density at radius 3 is 2.50 bits per heavy atom. The Hall–Kier alpha value is -0.470. The monoisotopic (exact) mass is 335 g/mol. The van der Waals surface area contributed by atoms with Gasteiger partial charge in [-0.05, 0) is 40.2 Å². The minimum absolute atomic E-state index is 0.233. The van der Waals surface area contributed by atoms with Crippen molar-refractivity contribution in [2.24, 2.45) is 0 Å². The molecule has 0 fully saturated rings. The maximum atomic E-state index is 12.0. The number of benzene rings is 1. The molecule has 2 N–H and O–H groups in total. The first-order chi connectivity index (χ1) is 8.36. The zero-order valence-corrected chi connectivity index (χ0v) is 13.1. The number of sulfonamides is 1. The molecule has 0 saturated heterocycles. The van der Waals surface area contributed by atoms with Crippen molar-refractivity contribution < 1.29 is 8.42 Å². The van der Waals surface area contributed by atoms with Gasteiger partial charge in [0.05, 0.1) is 4.90 Å². The highest BCUT2D eigenvalue weighted by molar-refractivity contribution is 9.10. The summed E-state index contributed by atoms with van der Waals surface area (Å²) in [5, 5.41) is 4.59. The molecule has 0 radical (unpaired) electrons. The molecule has 0 atom stereocenters. The zero-order chi connectivity index (χ0) is 13.8. The van der Waals surface area contributed by atoms with Gasteiger partial charge >= 0.3 is 0 Å². The summed E-state index contributed by atoms with van der Waals surface area (Å²) in [5.74, 6) is 0. The average molecular weight is 336 g/mol. The van der Waals surface area contributed by atoms with E-state index in [-0.39, 0.29) is 4.90 Å². The Morgan fingerprint density at radius 1 is 1.33 bits per heavy atom. The predicted octanol–water partition coefficient (Wildman–Crippen LogP) is 1.31. The fourth-order valence-electron chi connectivity index (χ4n) is 1.43. The number of halogens is 1. The van der Waals surface area contributed by atoms with E-state index in [1.54, 1.807) is 26.2 Å². The molecule has 0 aliphatic rings. The van der Waals surface area contributed by atoms with Crippen LogP contribution >= 0.6 is 15.9 Å². The van der Waals surface area contributed by atoms with Crippen molar-refractivity contribution in [2.75, 3.05) is 20.6 Å². The Morgan fingerprint density at radius 2 is 2.00 bits per heavy atom. The van der Waals surface area contributed by atoms with Crippen molar-refractivity contribution in [3.8, 4) is 0 Å². The van der Waals surface area contributed by atoms with Crippen LogP contribution in [0.15, 0.2) is 27.6 Å². The van der Waals surface area contributed by atoms with Crippen molar-refractivity contribution in [3.05, 3.63) is 28.2 Å². The molecule has 7 heteroatoms. The molecule has 0 saturated carbocycles. The van der Waals surface area contributed by atoms with Gasteiger partial charge in [0.25, 0.3) is 10.0 Å². The van der Waals surface area contributed by atoms with Gasteiger partial charge in [0.2, 0.25) is 0 Å². The fraction of sp³-hybridized carbons (Fsp3) is 0.455. The van der Waals surface area contributed by atoms with E-state index in [9.17, 15) is 8.42 Å². The van der Waals surface area contributed by atoms with Gasteiger partial charge in [0.1, 0.15) is 0 Å². The van der Waals surface area contributed by atoms with E-state index in [0.717, 1.165) is 18.7 Å². The first-order valence-corrected chi connectivity index (χ1v) is 7.83. The van der Waals surface area contributed by atoms with Crippen LogP contribution in [0.4, 0.5) is 0 Å². The van der Waals surface area contributed by atoms with E-state index in [1.165, 1.54) is 5.01 Å². The first-order valence-electron chi connectivity index (χ1n) is 5.55. The van der Waals surface area contributed by atoms with E-state index in [2.05, 4.69) is 26.1 Å². The van der Waals surface area contributed by atoms with Crippen molar-refractivity contribution >= 4 is 26.0 Å². The third-order valence-corrected chi connectivity index (χ3v) is 4.63. The number of hydrogen-bond acceptors (Lipinski definition) is 4. The van der Waals surface area contributed by atoms with Crippen molar-refractivity contribution in [1.82, 2.24) is 15.2 Å². The summed E-state index contributed by atoms with van der Waals surface area (Å²) in [6.45, 7) is 3.62. The Bertz CT molecular complexity index is 503. The molecule has 0 aliphatic heterocycles. The second kappa shape index (κ2) is 6.63. The normalized spacial score (nSPS) is 12.1. The standard InChI is InChI=1S/C11H18BrN3O2S/c1-4-13-8-9-5-6-11(10(12)7-9)18(16,17)14-15(2)3/h5-7,13-14H,4,8H2,1-3H3. The average Bonchev–Trinajstić information content (AvgIpc) is 2.24. The summed E-state index contributed by atoms with van der Waals surface area (Å²) in [4.78, 5) is 2.63. The lowest BCUT2D eigenvalue weighted by Gasteiger charge is -2.14. The van der Waals surface area contributed by atoms with Crippen LogP contribution in [0.5, 0.6) is 0 Å². The topological polar surface area (TPSA) is 61.4 Å². The highest BCUT2D eigenvalue weighted by Gasteiger charge is 2.18. The molecule has 0 unspecified atom stereocenters. The minimum Gasteiger partial charge on any atom is -0.313 e. The summed E-state index contributed by atoms with van der Waals surface area (Å²) in [7, 11) is -0.259. The zero-order valence-electron chi connectivity index (χ0n) is 10.7. The van der Waals surface area contributed by atoms with Crippen LogP contribution in [0.2, 0.25) is 0 Å². The van der Waals surface area contributed by atoms with E-state index < -0.39 is 10.0 Å².